The van der Waals surface area contributed by atoms with Crippen molar-refractivity contribution < 1.29 is 19.1 Å². The molecule has 2 rings (SSSR count). The zero-order valence-corrected chi connectivity index (χ0v) is 15.0. The quantitative estimate of drug-likeness (QED) is 0.746. The molecular weight excluding hydrogens is 350 g/mol. The highest BCUT2D eigenvalue weighted by molar-refractivity contribution is 7.16. The van der Waals surface area contributed by atoms with E-state index in [1.54, 1.807) is 37.3 Å². The van der Waals surface area contributed by atoms with Crippen LogP contribution in [0.1, 0.15) is 29.1 Å². The van der Waals surface area contributed by atoms with Crippen molar-refractivity contribution in [3.63, 3.8) is 0 Å². The summed E-state index contributed by atoms with van der Waals surface area (Å²) in [6.45, 7) is 3.84. The number of carbonyl (C=O) groups excluding carboxylic acids is 2. The lowest BCUT2D eigenvalue weighted by molar-refractivity contribution is -0.118. The Labute approximate surface area is 149 Å². The summed E-state index contributed by atoms with van der Waals surface area (Å²) in [6, 6.07) is 8.47. The van der Waals surface area contributed by atoms with Gasteiger partial charge in [-0.15, -0.1) is 11.3 Å². The van der Waals surface area contributed by atoms with Crippen LogP contribution in [0.15, 0.2) is 30.3 Å². The number of rotatable bonds is 7. The highest BCUT2D eigenvalue weighted by Crippen LogP contribution is 2.29. The molecular formula is C17H18ClNO4S. The summed E-state index contributed by atoms with van der Waals surface area (Å²) in [5, 5.41) is 3.79. The maximum Gasteiger partial charge on any atom is 0.341 e. The van der Waals surface area contributed by atoms with Gasteiger partial charge < -0.3 is 14.8 Å². The molecule has 0 atom stereocenters. The first-order chi connectivity index (χ1) is 11.5. The minimum atomic E-state index is -0.442. The smallest absolute Gasteiger partial charge is 0.341 e. The first-order valence-electron chi connectivity index (χ1n) is 7.51. The van der Waals surface area contributed by atoms with E-state index in [1.165, 1.54) is 11.3 Å². The van der Waals surface area contributed by atoms with Crippen LogP contribution in [-0.2, 0) is 16.0 Å². The molecule has 1 aromatic heterocycles. The number of thiophene rings is 1. The largest absolute Gasteiger partial charge is 0.484 e. The Morgan fingerprint density at radius 2 is 1.92 bits per heavy atom. The summed E-state index contributed by atoms with van der Waals surface area (Å²) in [5.74, 6) is -0.247. The van der Waals surface area contributed by atoms with Crippen LogP contribution in [0.25, 0.3) is 0 Å². The molecule has 7 heteroatoms. The molecule has 0 unspecified atom stereocenters. The zero-order valence-electron chi connectivity index (χ0n) is 13.4. The minimum absolute atomic E-state index is 0.163. The van der Waals surface area contributed by atoms with Crippen LogP contribution < -0.4 is 10.1 Å². The Kier molecular flexibility index (Phi) is 6.63. The van der Waals surface area contributed by atoms with Crippen LogP contribution in [0.3, 0.4) is 0 Å². The number of amides is 1. The van der Waals surface area contributed by atoms with Crippen LogP contribution in [0.2, 0.25) is 5.02 Å². The normalized spacial score (nSPS) is 10.3. The number of benzene rings is 1. The summed E-state index contributed by atoms with van der Waals surface area (Å²) >= 11 is 7.15. The third-order valence-corrected chi connectivity index (χ3v) is 4.51. The Hall–Kier alpha value is -2.05. The van der Waals surface area contributed by atoms with Crippen molar-refractivity contribution in [3.05, 3.63) is 45.8 Å². The molecule has 0 fully saturated rings. The van der Waals surface area contributed by atoms with E-state index in [2.05, 4.69) is 5.32 Å². The molecule has 24 heavy (non-hydrogen) atoms. The van der Waals surface area contributed by atoms with Crippen molar-refractivity contribution in [2.24, 2.45) is 0 Å². The molecule has 0 aliphatic heterocycles. The van der Waals surface area contributed by atoms with Gasteiger partial charge in [-0.3, -0.25) is 4.79 Å². The number of anilines is 1. The van der Waals surface area contributed by atoms with Crippen LogP contribution in [-0.4, -0.2) is 25.1 Å². The van der Waals surface area contributed by atoms with Crippen molar-refractivity contribution in [3.8, 4) is 5.75 Å². The lowest BCUT2D eigenvalue weighted by Gasteiger charge is -2.08. The number of nitrogens with one attached hydrogen (secondary N) is 1. The van der Waals surface area contributed by atoms with Gasteiger partial charge in [0, 0.05) is 9.90 Å². The highest BCUT2D eigenvalue weighted by Gasteiger charge is 2.18. The Balaban J connectivity index is 2.01. The fourth-order valence-electron chi connectivity index (χ4n) is 1.91. The van der Waals surface area contributed by atoms with Gasteiger partial charge in [-0.1, -0.05) is 18.5 Å². The predicted octanol–water partition coefficient (Wildman–Crippen LogP) is 4.16. The molecule has 1 heterocycles. The summed E-state index contributed by atoms with van der Waals surface area (Å²) in [5.41, 5.74) is 0.374. The van der Waals surface area contributed by atoms with E-state index in [-0.39, 0.29) is 19.1 Å². The number of halogens is 1. The van der Waals surface area contributed by atoms with Gasteiger partial charge in [0.2, 0.25) is 0 Å². The summed E-state index contributed by atoms with van der Waals surface area (Å²) in [4.78, 5) is 25.0. The number of hydrogen-bond donors (Lipinski definition) is 1. The van der Waals surface area contributed by atoms with Crippen LogP contribution in [0, 0.1) is 0 Å². The van der Waals surface area contributed by atoms with Gasteiger partial charge in [-0.2, -0.15) is 0 Å². The topological polar surface area (TPSA) is 64.6 Å². The summed E-state index contributed by atoms with van der Waals surface area (Å²) in [7, 11) is 0. The zero-order chi connectivity index (χ0) is 17.5. The van der Waals surface area contributed by atoms with Gasteiger partial charge in [-0.05, 0) is 43.7 Å². The van der Waals surface area contributed by atoms with Crippen molar-refractivity contribution in [2.45, 2.75) is 20.3 Å². The highest BCUT2D eigenvalue weighted by atomic mass is 35.5. The second-order valence-electron chi connectivity index (χ2n) is 4.82. The SMILES string of the molecule is CCOC(=O)c1cc(CC)sc1NC(=O)COc1ccc(Cl)cc1. The maximum atomic E-state index is 12.1. The molecule has 0 spiro atoms. The van der Waals surface area contributed by atoms with E-state index >= 15 is 0 Å². The summed E-state index contributed by atoms with van der Waals surface area (Å²) in [6.07, 6.45) is 0.772. The van der Waals surface area contributed by atoms with Crippen LogP contribution in [0.4, 0.5) is 5.00 Å². The molecule has 0 aliphatic carbocycles. The number of esters is 1. The predicted molar refractivity (Wildman–Crippen MR) is 95.2 cm³/mol. The molecule has 0 radical (unpaired) electrons. The van der Waals surface area contributed by atoms with Gasteiger partial charge >= 0.3 is 5.97 Å². The lowest BCUT2D eigenvalue weighted by atomic mass is 10.2. The third kappa shape index (κ3) is 4.97. The molecule has 0 saturated heterocycles. The van der Waals surface area contributed by atoms with E-state index in [0.717, 1.165) is 11.3 Å². The molecule has 1 aromatic carbocycles. The molecule has 1 amide bonds. The van der Waals surface area contributed by atoms with Gasteiger partial charge in [0.25, 0.3) is 5.91 Å². The maximum absolute atomic E-state index is 12.1. The van der Waals surface area contributed by atoms with Crippen LogP contribution in [0.5, 0.6) is 5.75 Å². The van der Waals surface area contributed by atoms with Crippen molar-refractivity contribution in [1.29, 1.82) is 0 Å². The lowest BCUT2D eigenvalue weighted by Crippen LogP contribution is -2.21. The molecule has 5 nitrogen and oxygen atoms in total. The average molecular weight is 368 g/mol. The first-order valence-corrected chi connectivity index (χ1v) is 8.71. The third-order valence-electron chi connectivity index (χ3n) is 3.06. The Morgan fingerprint density at radius 3 is 2.54 bits per heavy atom. The Bertz CT molecular complexity index is 712. The van der Waals surface area contributed by atoms with E-state index in [4.69, 9.17) is 21.1 Å². The van der Waals surface area contributed by atoms with Gasteiger partial charge in [0.15, 0.2) is 6.61 Å². The molecule has 128 valence electrons. The molecule has 1 N–H and O–H groups in total. The molecule has 0 saturated carbocycles. The number of aryl methyl sites for hydroxylation is 1. The second-order valence-corrected chi connectivity index (χ2v) is 6.39. The van der Waals surface area contributed by atoms with Crippen molar-refractivity contribution in [1.82, 2.24) is 0 Å². The number of hydrogen-bond acceptors (Lipinski definition) is 5. The summed E-state index contributed by atoms with van der Waals surface area (Å²) < 4.78 is 10.4. The van der Waals surface area contributed by atoms with Crippen molar-refractivity contribution in [2.75, 3.05) is 18.5 Å². The fraction of sp³-hybridized carbons (Fsp3) is 0.294. The van der Waals surface area contributed by atoms with Gasteiger partial charge in [-0.25, -0.2) is 4.79 Å². The van der Waals surface area contributed by atoms with Gasteiger partial charge in [0.1, 0.15) is 10.8 Å². The van der Waals surface area contributed by atoms with E-state index in [9.17, 15) is 9.59 Å². The second kappa shape index (κ2) is 8.70. The standard InChI is InChI=1S/C17H18ClNO4S/c1-3-13-9-14(17(21)22-4-2)16(24-13)19-15(20)10-23-12-7-5-11(18)6-8-12/h5-9H,3-4,10H2,1-2H3,(H,19,20). The number of carbonyl (C=O) groups is 2. The van der Waals surface area contributed by atoms with E-state index in [0.29, 0.717) is 21.3 Å². The fourth-order valence-corrected chi connectivity index (χ4v) is 3.04. The molecule has 2 aromatic rings. The van der Waals surface area contributed by atoms with E-state index < -0.39 is 5.97 Å². The van der Waals surface area contributed by atoms with Crippen molar-refractivity contribution >= 4 is 39.8 Å². The van der Waals surface area contributed by atoms with Crippen LogP contribution >= 0.6 is 22.9 Å². The van der Waals surface area contributed by atoms with E-state index in [1.807, 2.05) is 6.92 Å². The Morgan fingerprint density at radius 1 is 1.21 bits per heavy atom. The molecule has 0 aliphatic rings. The average Bonchev–Trinajstić information content (AvgIpc) is 2.97. The monoisotopic (exact) mass is 367 g/mol. The van der Waals surface area contributed by atoms with Gasteiger partial charge in [0.05, 0.1) is 12.2 Å². The first kappa shape index (κ1) is 18.3. The molecule has 0 bridgehead atoms. The number of ether oxygens (including phenoxy) is 2. The minimum Gasteiger partial charge on any atom is -0.484 e.